The molecule has 0 aliphatic heterocycles. The van der Waals surface area contributed by atoms with E-state index in [4.69, 9.17) is 0 Å². The minimum atomic E-state index is -4.71. The van der Waals surface area contributed by atoms with E-state index in [2.05, 4.69) is 0 Å². The van der Waals surface area contributed by atoms with Crippen LogP contribution in [0.3, 0.4) is 0 Å². The first kappa shape index (κ1) is 13.1. The molecule has 0 unspecified atom stereocenters. The highest BCUT2D eigenvalue weighted by atomic mass is 127. The lowest BCUT2D eigenvalue weighted by Crippen LogP contribution is -2.16. The second-order valence-electron chi connectivity index (χ2n) is 3.06. The molecule has 0 bridgehead atoms. The summed E-state index contributed by atoms with van der Waals surface area (Å²) in [5.41, 5.74) is -2.11. The lowest BCUT2D eigenvalue weighted by molar-refractivity contribution is -0.138. The summed E-state index contributed by atoms with van der Waals surface area (Å²) in [5, 5.41) is 0. The Morgan fingerprint density at radius 3 is 2.31 bits per heavy atom. The fraction of sp³-hybridized carbons (Fsp3) is 0.200. The van der Waals surface area contributed by atoms with Gasteiger partial charge in [0.1, 0.15) is 0 Å². The third-order valence-corrected chi connectivity index (χ3v) is 2.85. The highest BCUT2D eigenvalue weighted by Gasteiger charge is 2.38. The first-order valence-corrected chi connectivity index (χ1v) is 5.22. The molecule has 0 amide bonds. The number of alkyl halides is 3. The Bertz CT molecular complexity index is 452. The Morgan fingerprint density at radius 2 is 1.94 bits per heavy atom. The molecular weight excluding hydrogens is 336 g/mol. The zero-order valence-corrected chi connectivity index (χ0v) is 10.2. The quantitative estimate of drug-likeness (QED) is 0.469. The van der Waals surface area contributed by atoms with E-state index in [9.17, 15) is 22.8 Å². The molecule has 0 aliphatic carbocycles. The number of benzene rings is 1. The molecule has 0 N–H and O–H groups in total. The maximum atomic E-state index is 12.7. The van der Waals surface area contributed by atoms with Gasteiger partial charge in [-0.25, -0.2) is 0 Å². The lowest BCUT2D eigenvalue weighted by atomic mass is 9.99. The molecule has 0 heterocycles. The second kappa shape index (κ2) is 4.52. The number of hydrogen-bond acceptors (Lipinski definition) is 2. The van der Waals surface area contributed by atoms with Crippen LogP contribution in [0, 0.1) is 3.57 Å². The van der Waals surface area contributed by atoms with Gasteiger partial charge in [-0.2, -0.15) is 13.2 Å². The molecule has 0 spiro atoms. The zero-order valence-electron chi connectivity index (χ0n) is 8.06. The predicted octanol–water partition coefficient (Wildman–Crippen LogP) is 3.33. The van der Waals surface area contributed by atoms with Crippen molar-refractivity contribution in [3.05, 3.63) is 32.4 Å². The smallest absolute Gasteiger partial charge is 0.298 e. The van der Waals surface area contributed by atoms with Crippen LogP contribution in [0.25, 0.3) is 0 Å². The molecule has 0 saturated heterocycles. The van der Waals surface area contributed by atoms with Crippen molar-refractivity contribution in [1.29, 1.82) is 0 Å². The molecule has 2 nitrogen and oxygen atoms in total. The van der Waals surface area contributed by atoms with Crippen LogP contribution in [0.4, 0.5) is 13.2 Å². The minimum Gasteiger partial charge on any atom is -0.298 e. The largest absolute Gasteiger partial charge is 0.417 e. The molecule has 6 heteroatoms. The van der Waals surface area contributed by atoms with Crippen LogP contribution in [-0.2, 0) is 6.18 Å². The number of Topliss-reactive ketones (excluding diaryl/α,β-unsaturated/α-hetero) is 1. The van der Waals surface area contributed by atoms with E-state index < -0.39 is 28.6 Å². The number of rotatable bonds is 2. The fourth-order valence-corrected chi connectivity index (χ4v) is 2.17. The summed E-state index contributed by atoms with van der Waals surface area (Å²) in [6.07, 6.45) is -4.61. The van der Waals surface area contributed by atoms with Gasteiger partial charge >= 0.3 is 6.18 Å². The van der Waals surface area contributed by atoms with Crippen LogP contribution < -0.4 is 0 Å². The third kappa shape index (κ3) is 2.42. The highest BCUT2D eigenvalue weighted by Crippen LogP contribution is 2.36. The van der Waals surface area contributed by atoms with Crippen LogP contribution in [0.2, 0.25) is 0 Å². The van der Waals surface area contributed by atoms with Crippen molar-refractivity contribution in [2.75, 3.05) is 0 Å². The third-order valence-electron chi connectivity index (χ3n) is 1.95. The van der Waals surface area contributed by atoms with E-state index in [1.54, 1.807) is 22.6 Å². The zero-order chi connectivity index (χ0) is 12.5. The molecule has 1 aromatic carbocycles. The standard InChI is InChI=1S/C10H6F3IO2/c1-5(16)8-7(14)3-2-6(4-15)9(8)10(11,12)13/h2-4H,1H3. The first-order chi connectivity index (χ1) is 7.29. The number of halogens is 4. The Labute approximate surface area is 103 Å². The van der Waals surface area contributed by atoms with Crippen LogP contribution in [0.15, 0.2) is 12.1 Å². The lowest BCUT2D eigenvalue weighted by Gasteiger charge is -2.14. The summed E-state index contributed by atoms with van der Waals surface area (Å²) in [5.74, 6) is -0.708. The van der Waals surface area contributed by atoms with Crippen molar-refractivity contribution in [2.24, 2.45) is 0 Å². The van der Waals surface area contributed by atoms with Gasteiger partial charge in [-0.05, 0) is 41.6 Å². The van der Waals surface area contributed by atoms with Crippen molar-refractivity contribution in [3.63, 3.8) is 0 Å². The second-order valence-corrected chi connectivity index (χ2v) is 4.22. The van der Waals surface area contributed by atoms with Crippen molar-refractivity contribution in [2.45, 2.75) is 13.1 Å². The molecule has 1 rings (SSSR count). The number of carbonyl (C=O) groups excluding carboxylic acids is 2. The Morgan fingerprint density at radius 1 is 1.38 bits per heavy atom. The molecule has 0 aliphatic rings. The number of aldehydes is 1. The van der Waals surface area contributed by atoms with Crippen LogP contribution in [0.5, 0.6) is 0 Å². The molecule has 0 aromatic heterocycles. The first-order valence-electron chi connectivity index (χ1n) is 4.15. The summed E-state index contributed by atoms with van der Waals surface area (Å²) in [6.45, 7) is 1.04. The SMILES string of the molecule is CC(=O)c1c(I)ccc(C=O)c1C(F)(F)F. The summed E-state index contributed by atoms with van der Waals surface area (Å²) >= 11 is 1.64. The number of carbonyl (C=O) groups is 2. The van der Waals surface area contributed by atoms with Crippen LogP contribution in [0.1, 0.15) is 33.2 Å². The highest BCUT2D eigenvalue weighted by molar-refractivity contribution is 14.1. The van der Waals surface area contributed by atoms with Crippen molar-refractivity contribution < 1.29 is 22.8 Å². The summed E-state index contributed by atoms with van der Waals surface area (Å²) in [4.78, 5) is 21.7. The number of ketones is 1. The monoisotopic (exact) mass is 342 g/mol. The van der Waals surface area contributed by atoms with Crippen LogP contribution in [-0.4, -0.2) is 12.1 Å². The van der Waals surface area contributed by atoms with Gasteiger partial charge in [0.25, 0.3) is 0 Å². The fourth-order valence-electron chi connectivity index (χ4n) is 1.34. The van der Waals surface area contributed by atoms with Gasteiger partial charge in [-0.1, -0.05) is 0 Å². The summed E-state index contributed by atoms with van der Waals surface area (Å²) in [7, 11) is 0. The van der Waals surface area contributed by atoms with Gasteiger partial charge in [-0.3, -0.25) is 9.59 Å². The molecular formula is C10H6F3IO2. The Kier molecular flexibility index (Phi) is 3.72. The maximum absolute atomic E-state index is 12.7. The topological polar surface area (TPSA) is 34.1 Å². The molecule has 0 radical (unpaired) electrons. The van der Waals surface area contributed by atoms with Crippen molar-refractivity contribution >= 4 is 34.7 Å². The van der Waals surface area contributed by atoms with Gasteiger partial charge in [0.05, 0.1) is 5.56 Å². The van der Waals surface area contributed by atoms with E-state index >= 15 is 0 Å². The molecule has 86 valence electrons. The Hall–Kier alpha value is -0.920. The van der Waals surface area contributed by atoms with Gasteiger partial charge in [-0.15, -0.1) is 0 Å². The minimum absolute atomic E-state index is 0.103. The van der Waals surface area contributed by atoms with E-state index in [-0.39, 0.29) is 9.86 Å². The van der Waals surface area contributed by atoms with Gasteiger partial charge in [0.2, 0.25) is 0 Å². The predicted molar refractivity (Wildman–Crippen MR) is 59.6 cm³/mol. The summed E-state index contributed by atoms with van der Waals surface area (Å²) < 4.78 is 38.3. The van der Waals surface area contributed by atoms with Crippen molar-refractivity contribution in [3.8, 4) is 0 Å². The normalized spacial score (nSPS) is 11.3. The molecule has 0 atom stereocenters. The molecule has 16 heavy (non-hydrogen) atoms. The Balaban J connectivity index is 3.69. The summed E-state index contributed by atoms with van der Waals surface area (Å²) in [6, 6.07) is 2.38. The van der Waals surface area contributed by atoms with E-state index in [0.29, 0.717) is 0 Å². The average molecular weight is 342 g/mol. The average Bonchev–Trinajstić information content (AvgIpc) is 2.15. The van der Waals surface area contributed by atoms with Crippen molar-refractivity contribution in [1.82, 2.24) is 0 Å². The van der Waals surface area contributed by atoms with Gasteiger partial charge in [0, 0.05) is 14.7 Å². The maximum Gasteiger partial charge on any atom is 0.417 e. The van der Waals surface area contributed by atoms with E-state index in [1.807, 2.05) is 0 Å². The van der Waals surface area contributed by atoms with Crippen LogP contribution >= 0.6 is 22.6 Å². The van der Waals surface area contributed by atoms with Gasteiger partial charge < -0.3 is 0 Å². The van der Waals surface area contributed by atoms with Gasteiger partial charge in [0.15, 0.2) is 12.1 Å². The van der Waals surface area contributed by atoms with E-state index in [1.165, 1.54) is 6.07 Å². The molecule has 0 saturated carbocycles. The molecule has 0 fully saturated rings. The molecule has 1 aromatic rings. The number of hydrogen-bond donors (Lipinski definition) is 0. The van der Waals surface area contributed by atoms with E-state index in [0.717, 1.165) is 13.0 Å².